The monoisotopic (exact) mass is 422 g/mol. The smallest absolute Gasteiger partial charge is 0.0489 e. The number of nitrogens with one attached hydrogen (secondary N) is 1. The van der Waals surface area contributed by atoms with Crippen LogP contribution < -0.4 is 4.84 Å². The molecule has 24 heavy (non-hydrogen) atoms. The van der Waals surface area contributed by atoms with Crippen LogP contribution in [0.25, 0.3) is 10.9 Å². The van der Waals surface area contributed by atoms with Gasteiger partial charge in [0.25, 0.3) is 0 Å². The first-order chi connectivity index (χ1) is 11.6. The predicted octanol–water partition coefficient (Wildman–Crippen LogP) is 5.77. The number of fused-ring (bicyclic) bond motifs is 1. The molecule has 0 aliphatic heterocycles. The van der Waals surface area contributed by atoms with Crippen LogP contribution in [-0.2, 0) is 13.0 Å². The molecule has 2 nitrogen and oxygen atoms in total. The van der Waals surface area contributed by atoms with Gasteiger partial charge in [-0.1, -0.05) is 28.1 Å². The topological polar surface area (TPSA) is 17.0 Å². The molecule has 0 amide bonds. The van der Waals surface area contributed by atoms with Crippen molar-refractivity contribution in [2.75, 3.05) is 12.8 Å². The van der Waals surface area contributed by atoms with Crippen LogP contribution in [0, 0.1) is 6.92 Å². The maximum atomic E-state index is 5.70. The van der Waals surface area contributed by atoms with Gasteiger partial charge >= 0.3 is 0 Å². The van der Waals surface area contributed by atoms with E-state index in [1.165, 1.54) is 32.6 Å². The molecule has 5 heteroatoms. The van der Waals surface area contributed by atoms with E-state index in [9.17, 15) is 0 Å². The van der Waals surface area contributed by atoms with Crippen molar-refractivity contribution in [1.29, 1.82) is 0 Å². The fourth-order valence-electron chi connectivity index (χ4n) is 3.12. The first kappa shape index (κ1) is 17.9. The molecule has 0 atom stereocenters. The van der Waals surface area contributed by atoms with Crippen molar-refractivity contribution in [2.45, 2.75) is 24.8 Å². The number of hydrogen-bond acceptors (Lipinski definition) is 2. The molecule has 2 aromatic carbocycles. The Morgan fingerprint density at radius 2 is 1.92 bits per heavy atom. The lowest BCUT2D eigenvalue weighted by Crippen LogP contribution is -2.06. The average molecular weight is 424 g/mol. The van der Waals surface area contributed by atoms with Crippen LogP contribution in [0.1, 0.15) is 16.8 Å². The first-order valence-electron chi connectivity index (χ1n) is 7.87. The minimum Gasteiger partial charge on any atom is -0.340 e. The van der Waals surface area contributed by atoms with E-state index >= 15 is 0 Å². The van der Waals surface area contributed by atoms with Crippen molar-refractivity contribution < 1.29 is 0 Å². The summed E-state index contributed by atoms with van der Waals surface area (Å²) in [5.74, 6) is 0. The van der Waals surface area contributed by atoms with Crippen molar-refractivity contribution in [3.63, 3.8) is 0 Å². The summed E-state index contributed by atoms with van der Waals surface area (Å²) in [6.45, 7) is 3.85. The molecule has 0 bridgehead atoms. The van der Waals surface area contributed by atoms with Crippen LogP contribution in [-0.4, -0.2) is 17.4 Å². The number of aromatic nitrogens is 1. The van der Waals surface area contributed by atoms with E-state index in [-0.39, 0.29) is 0 Å². The van der Waals surface area contributed by atoms with Crippen LogP contribution in [0.4, 0.5) is 0 Å². The summed E-state index contributed by atoms with van der Waals surface area (Å²) in [6.07, 6.45) is 3.05. The van der Waals surface area contributed by atoms with E-state index < -0.39 is 0 Å². The summed E-state index contributed by atoms with van der Waals surface area (Å²) >= 11 is 11.0. The van der Waals surface area contributed by atoms with Crippen molar-refractivity contribution >= 4 is 50.4 Å². The molecule has 0 saturated carbocycles. The predicted molar refractivity (Wildman–Crippen MR) is 109 cm³/mol. The van der Waals surface area contributed by atoms with Gasteiger partial charge in [0.2, 0.25) is 0 Å². The van der Waals surface area contributed by atoms with Gasteiger partial charge in [0, 0.05) is 39.1 Å². The van der Waals surface area contributed by atoms with Gasteiger partial charge in [-0.3, -0.25) is 0 Å². The molecule has 126 valence electrons. The first-order valence-corrected chi connectivity index (χ1v) is 10.3. The lowest BCUT2D eigenvalue weighted by molar-refractivity contribution is 0.788. The standard InChI is InChI=1S/C19H20BrClN2S/c1-13-17(9-10-22-21)18-11-16(24-2)7-8-19(18)23(13)12-14-3-5-15(20)6-4-14/h3-8,11,22H,9-10,12H2,1-2H3. The van der Waals surface area contributed by atoms with Crippen LogP contribution in [0.3, 0.4) is 0 Å². The van der Waals surface area contributed by atoms with E-state index in [2.05, 4.69) is 81.0 Å². The Morgan fingerprint density at radius 1 is 1.17 bits per heavy atom. The Bertz CT molecular complexity index is 843. The third kappa shape index (κ3) is 3.67. The van der Waals surface area contributed by atoms with E-state index in [0.29, 0.717) is 0 Å². The highest BCUT2D eigenvalue weighted by molar-refractivity contribution is 9.10. The lowest BCUT2D eigenvalue weighted by atomic mass is 10.1. The summed E-state index contributed by atoms with van der Waals surface area (Å²) in [5, 5.41) is 1.34. The third-order valence-electron chi connectivity index (χ3n) is 4.38. The summed E-state index contributed by atoms with van der Waals surface area (Å²) in [7, 11) is 0. The second-order valence-electron chi connectivity index (χ2n) is 5.79. The van der Waals surface area contributed by atoms with Gasteiger partial charge in [-0.15, -0.1) is 11.8 Å². The van der Waals surface area contributed by atoms with E-state index in [1.807, 2.05) is 0 Å². The Kier molecular flexibility index (Phi) is 5.93. The number of halogens is 2. The molecule has 0 aliphatic carbocycles. The van der Waals surface area contributed by atoms with Gasteiger partial charge in [-0.2, -0.15) is 0 Å². The molecule has 0 fully saturated rings. The summed E-state index contributed by atoms with van der Waals surface area (Å²) in [4.78, 5) is 4.05. The minimum absolute atomic E-state index is 0.767. The van der Waals surface area contributed by atoms with Crippen LogP contribution in [0.2, 0.25) is 0 Å². The molecule has 0 spiro atoms. The molecular weight excluding hydrogens is 404 g/mol. The van der Waals surface area contributed by atoms with E-state index in [4.69, 9.17) is 11.8 Å². The van der Waals surface area contributed by atoms with Crippen LogP contribution >= 0.6 is 39.5 Å². The highest BCUT2D eigenvalue weighted by Gasteiger charge is 2.14. The second kappa shape index (κ2) is 7.96. The van der Waals surface area contributed by atoms with Crippen molar-refractivity contribution in [3.05, 3.63) is 63.8 Å². The normalized spacial score (nSPS) is 11.3. The van der Waals surface area contributed by atoms with Gasteiger partial charge in [-0.05, 0) is 72.8 Å². The minimum atomic E-state index is 0.767. The van der Waals surface area contributed by atoms with Crippen molar-refractivity contribution in [3.8, 4) is 0 Å². The maximum absolute atomic E-state index is 5.70. The zero-order valence-corrected chi connectivity index (χ0v) is 16.9. The fourth-order valence-corrected chi connectivity index (χ4v) is 3.92. The van der Waals surface area contributed by atoms with Crippen LogP contribution in [0.5, 0.6) is 0 Å². The highest BCUT2D eigenvalue weighted by atomic mass is 79.9. The quantitative estimate of drug-likeness (QED) is 0.400. The van der Waals surface area contributed by atoms with E-state index in [1.54, 1.807) is 11.8 Å². The summed E-state index contributed by atoms with van der Waals surface area (Å²) < 4.78 is 3.52. The van der Waals surface area contributed by atoms with Gasteiger partial charge in [-0.25, -0.2) is 4.84 Å². The number of rotatable bonds is 6. The molecule has 1 heterocycles. The Balaban J connectivity index is 2.08. The Morgan fingerprint density at radius 3 is 2.58 bits per heavy atom. The molecule has 0 aliphatic rings. The number of benzene rings is 2. The summed E-state index contributed by atoms with van der Waals surface area (Å²) in [6, 6.07) is 15.3. The summed E-state index contributed by atoms with van der Waals surface area (Å²) in [5.41, 5.74) is 5.29. The largest absolute Gasteiger partial charge is 0.340 e. The lowest BCUT2D eigenvalue weighted by Gasteiger charge is -2.09. The molecule has 3 aromatic rings. The van der Waals surface area contributed by atoms with Crippen LogP contribution in [0.15, 0.2) is 51.8 Å². The SMILES string of the molecule is CSc1ccc2c(c1)c(CCNCl)c(C)n2Cc1ccc(Br)cc1. The molecular formula is C19H20BrClN2S. The highest BCUT2D eigenvalue weighted by Crippen LogP contribution is 2.30. The Hall–Kier alpha value is -0.940. The zero-order valence-electron chi connectivity index (χ0n) is 13.8. The number of hydrogen-bond donors (Lipinski definition) is 1. The van der Waals surface area contributed by atoms with Crippen molar-refractivity contribution in [1.82, 2.24) is 9.40 Å². The number of nitrogens with zero attached hydrogens (tertiary/aromatic N) is 1. The van der Waals surface area contributed by atoms with Gasteiger partial charge in [0.05, 0.1) is 0 Å². The van der Waals surface area contributed by atoms with E-state index in [0.717, 1.165) is 24.0 Å². The van der Waals surface area contributed by atoms with Gasteiger partial charge < -0.3 is 4.57 Å². The maximum Gasteiger partial charge on any atom is 0.0489 e. The number of thioether (sulfide) groups is 1. The molecule has 0 unspecified atom stereocenters. The van der Waals surface area contributed by atoms with Gasteiger partial charge in [0.1, 0.15) is 0 Å². The average Bonchev–Trinajstić information content (AvgIpc) is 2.86. The molecule has 1 aromatic heterocycles. The van der Waals surface area contributed by atoms with Gasteiger partial charge in [0.15, 0.2) is 0 Å². The molecule has 0 saturated heterocycles. The third-order valence-corrected chi connectivity index (χ3v) is 5.83. The molecule has 0 radical (unpaired) electrons. The zero-order chi connectivity index (χ0) is 17.1. The Labute approximate surface area is 160 Å². The molecule has 1 N–H and O–H groups in total. The van der Waals surface area contributed by atoms with Crippen molar-refractivity contribution in [2.24, 2.45) is 0 Å². The fraction of sp³-hybridized carbons (Fsp3) is 0.263. The second-order valence-corrected chi connectivity index (χ2v) is 7.86. The molecule has 3 rings (SSSR count).